The highest BCUT2D eigenvalue weighted by Gasteiger charge is 2.60. The number of nitrogens with zero attached hydrogens (tertiary/aromatic N) is 1. The molecule has 7 atom stereocenters. The Balaban J connectivity index is 1.34. The van der Waals surface area contributed by atoms with Gasteiger partial charge in [0.15, 0.2) is 0 Å². The van der Waals surface area contributed by atoms with E-state index >= 15 is 0 Å². The minimum absolute atomic E-state index is 0.0250. The molecule has 4 fully saturated rings. The third kappa shape index (κ3) is 3.60. The first-order valence-electron chi connectivity index (χ1n) is 12.1. The van der Waals surface area contributed by atoms with Crippen molar-refractivity contribution >= 4 is 5.78 Å². The maximum atomic E-state index is 12.6. The van der Waals surface area contributed by atoms with Gasteiger partial charge in [-0.3, -0.25) is 4.79 Å². The second kappa shape index (κ2) is 8.02. The topological polar surface area (TPSA) is 29.5 Å². The largest absolute Gasteiger partial charge is 0.378 e. The van der Waals surface area contributed by atoms with E-state index in [1.54, 1.807) is 0 Å². The minimum Gasteiger partial charge on any atom is -0.378 e. The number of ketones is 1. The summed E-state index contributed by atoms with van der Waals surface area (Å²) in [6, 6.07) is 0. The van der Waals surface area contributed by atoms with Gasteiger partial charge < -0.3 is 9.64 Å². The number of carbonyl (C=O) groups is 1. The SMILES string of the molecule is CN(C)CCCCO[C@H]1CC[C@@]2(C)C(CCC3C2CC[C@]2(C)C(=O)CCC32)C1. The number of ether oxygens (including phenoxy) is 1. The molecular formula is C25H43NO2. The van der Waals surface area contributed by atoms with Crippen molar-refractivity contribution < 1.29 is 9.53 Å². The molecule has 0 bridgehead atoms. The molecule has 3 heteroatoms. The highest BCUT2D eigenvalue weighted by Crippen LogP contribution is 2.65. The average Bonchev–Trinajstić information content (AvgIpc) is 2.96. The molecule has 4 aliphatic rings. The fourth-order valence-electron chi connectivity index (χ4n) is 7.92. The van der Waals surface area contributed by atoms with Crippen molar-refractivity contribution in [2.75, 3.05) is 27.2 Å². The molecule has 0 heterocycles. The molecule has 0 aromatic rings. The Morgan fingerprint density at radius 1 is 1.00 bits per heavy atom. The first-order chi connectivity index (χ1) is 13.3. The van der Waals surface area contributed by atoms with Gasteiger partial charge in [0.05, 0.1) is 6.10 Å². The Kier molecular flexibility index (Phi) is 5.97. The van der Waals surface area contributed by atoms with E-state index in [4.69, 9.17) is 4.74 Å². The molecule has 4 unspecified atom stereocenters. The van der Waals surface area contributed by atoms with Crippen LogP contribution in [0, 0.1) is 34.5 Å². The Bertz CT molecular complexity index is 575. The minimum atomic E-state index is 0.0250. The Morgan fingerprint density at radius 2 is 1.82 bits per heavy atom. The summed E-state index contributed by atoms with van der Waals surface area (Å²) in [5.41, 5.74) is 0.526. The van der Waals surface area contributed by atoms with E-state index in [1.807, 2.05) is 0 Å². The molecule has 0 spiro atoms. The summed E-state index contributed by atoms with van der Waals surface area (Å²) < 4.78 is 6.33. The van der Waals surface area contributed by atoms with Crippen LogP contribution in [0.5, 0.6) is 0 Å². The van der Waals surface area contributed by atoms with Crippen LogP contribution in [-0.4, -0.2) is 44.0 Å². The molecule has 0 aliphatic heterocycles. The first-order valence-corrected chi connectivity index (χ1v) is 12.1. The zero-order valence-corrected chi connectivity index (χ0v) is 18.8. The smallest absolute Gasteiger partial charge is 0.139 e. The monoisotopic (exact) mass is 389 g/mol. The first kappa shape index (κ1) is 20.8. The van der Waals surface area contributed by atoms with Gasteiger partial charge in [-0.1, -0.05) is 13.8 Å². The molecule has 0 radical (unpaired) electrons. The molecule has 0 saturated heterocycles. The Morgan fingerprint density at radius 3 is 2.61 bits per heavy atom. The molecule has 160 valence electrons. The van der Waals surface area contributed by atoms with Crippen molar-refractivity contribution in [3.63, 3.8) is 0 Å². The standard InChI is InChI=1S/C25H43NO2/c1-24-13-11-19(28-16-6-5-15-26(3)4)17-18(24)7-8-20-21-9-10-23(27)25(21,2)14-12-22(20)24/h18-22H,5-17H2,1-4H3/t18?,19-,20?,21?,22?,24-,25-/m0/s1. The zero-order chi connectivity index (χ0) is 19.9. The van der Waals surface area contributed by atoms with Crippen LogP contribution in [0.2, 0.25) is 0 Å². The number of rotatable bonds is 6. The normalized spacial score (nSPS) is 45.6. The number of carbonyl (C=O) groups excluding carboxylic acids is 1. The quantitative estimate of drug-likeness (QED) is 0.575. The van der Waals surface area contributed by atoms with Crippen LogP contribution in [0.3, 0.4) is 0 Å². The highest BCUT2D eigenvalue weighted by molar-refractivity contribution is 5.87. The van der Waals surface area contributed by atoms with Gasteiger partial charge in [-0.2, -0.15) is 0 Å². The van der Waals surface area contributed by atoms with Gasteiger partial charge in [0.25, 0.3) is 0 Å². The van der Waals surface area contributed by atoms with Gasteiger partial charge in [-0.25, -0.2) is 0 Å². The maximum absolute atomic E-state index is 12.6. The number of hydrogen-bond donors (Lipinski definition) is 0. The van der Waals surface area contributed by atoms with Crippen LogP contribution in [0.25, 0.3) is 0 Å². The lowest BCUT2D eigenvalue weighted by Crippen LogP contribution is -2.54. The highest BCUT2D eigenvalue weighted by atomic mass is 16.5. The van der Waals surface area contributed by atoms with Gasteiger partial charge in [0, 0.05) is 18.4 Å². The summed E-state index contributed by atoms with van der Waals surface area (Å²) in [5, 5.41) is 0. The summed E-state index contributed by atoms with van der Waals surface area (Å²) in [5.74, 6) is 3.78. The summed E-state index contributed by atoms with van der Waals surface area (Å²) in [7, 11) is 4.29. The summed E-state index contributed by atoms with van der Waals surface area (Å²) in [4.78, 5) is 14.8. The summed E-state index contributed by atoms with van der Waals surface area (Å²) in [6.45, 7) is 7.02. The molecule has 4 aliphatic carbocycles. The van der Waals surface area contributed by atoms with E-state index in [2.05, 4.69) is 32.8 Å². The molecule has 0 aromatic heterocycles. The fraction of sp³-hybridized carbons (Fsp3) is 0.960. The molecule has 28 heavy (non-hydrogen) atoms. The molecule has 4 rings (SSSR count). The molecule has 0 amide bonds. The predicted octanol–water partition coefficient (Wildman–Crippen LogP) is 5.33. The van der Waals surface area contributed by atoms with Gasteiger partial charge in [-0.15, -0.1) is 0 Å². The fourth-order valence-corrected chi connectivity index (χ4v) is 7.92. The Hall–Kier alpha value is -0.410. The summed E-state index contributed by atoms with van der Waals surface area (Å²) >= 11 is 0. The van der Waals surface area contributed by atoms with Crippen LogP contribution in [-0.2, 0) is 9.53 Å². The van der Waals surface area contributed by atoms with Crippen molar-refractivity contribution in [3.8, 4) is 0 Å². The van der Waals surface area contributed by atoms with E-state index < -0.39 is 0 Å². The lowest BCUT2D eigenvalue weighted by atomic mass is 9.45. The van der Waals surface area contributed by atoms with Gasteiger partial charge >= 0.3 is 0 Å². The van der Waals surface area contributed by atoms with Gasteiger partial charge in [0.1, 0.15) is 5.78 Å². The molecule has 4 saturated carbocycles. The van der Waals surface area contributed by atoms with Crippen LogP contribution in [0.15, 0.2) is 0 Å². The molecular weight excluding hydrogens is 346 g/mol. The van der Waals surface area contributed by atoms with E-state index in [-0.39, 0.29) is 5.41 Å². The van der Waals surface area contributed by atoms with Crippen LogP contribution in [0.1, 0.15) is 84.5 Å². The van der Waals surface area contributed by atoms with Crippen LogP contribution in [0.4, 0.5) is 0 Å². The van der Waals surface area contributed by atoms with Crippen molar-refractivity contribution in [2.24, 2.45) is 34.5 Å². The third-order valence-corrected chi connectivity index (χ3v) is 9.68. The number of unbranched alkanes of at least 4 members (excludes halogenated alkanes) is 1. The second-order valence-electron chi connectivity index (χ2n) is 11.4. The van der Waals surface area contributed by atoms with Gasteiger partial charge in [-0.05, 0) is 114 Å². The third-order valence-electron chi connectivity index (χ3n) is 9.68. The maximum Gasteiger partial charge on any atom is 0.139 e. The van der Waals surface area contributed by atoms with E-state index in [0.717, 1.165) is 37.2 Å². The molecule has 3 nitrogen and oxygen atoms in total. The van der Waals surface area contributed by atoms with Crippen molar-refractivity contribution in [1.29, 1.82) is 0 Å². The van der Waals surface area contributed by atoms with Crippen LogP contribution >= 0.6 is 0 Å². The number of hydrogen-bond acceptors (Lipinski definition) is 3. The van der Waals surface area contributed by atoms with E-state index in [1.165, 1.54) is 64.3 Å². The van der Waals surface area contributed by atoms with Crippen molar-refractivity contribution in [3.05, 3.63) is 0 Å². The summed E-state index contributed by atoms with van der Waals surface area (Å²) in [6.07, 6.45) is 14.0. The number of Topliss-reactive ketones (excluding diaryl/α,β-unsaturated/α-hetero) is 1. The lowest BCUT2D eigenvalue weighted by Gasteiger charge is -2.60. The molecule has 0 N–H and O–H groups in total. The van der Waals surface area contributed by atoms with E-state index in [9.17, 15) is 4.79 Å². The Labute approximate surface area is 173 Å². The van der Waals surface area contributed by atoms with Gasteiger partial charge in [0.2, 0.25) is 0 Å². The average molecular weight is 390 g/mol. The number of fused-ring (bicyclic) bond motifs is 5. The predicted molar refractivity (Wildman–Crippen MR) is 114 cm³/mol. The van der Waals surface area contributed by atoms with Crippen molar-refractivity contribution in [2.45, 2.75) is 90.6 Å². The van der Waals surface area contributed by atoms with Crippen molar-refractivity contribution in [1.82, 2.24) is 4.90 Å². The van der Waals surface area contributed by atoms with Crippen LogP contribution < -0.4 is 0 Å². The van der Waals surface area contributed by atoms with E-state index in [0.29, 0.717) is 23.2 Å². The zero-order valence-electron chi connectivity index (χ0n) is 18.8. The second-order valence-corrected chi connectivity index (χ2v) is 11.4. The lowest BCUT2D eigenvalue weighted by molar-refractivity contribution is -0.145. The molecule has 0 aromatic carbocycles.